The van der Waals surface area contributed by atoms with Crippen molar-refractivity contribution in [2.24, 2.45) is 0 Å². The fraction of sp³-hybridized carbons (Fsp3) is 0. The molecule has 0 aliphatic carbocycles. The second-order valence-corrected chi connectivity index (χ2v) is 16.5. The van der Waals surface area contributed by atoms with Gasteiger partial charge in [-0.1, -0.05) is 188 Å². The molecule has 2 heteroatoms. The maximum Gasteiger partial charge on any atom is 0.143 e. The molecule has 1 aromatic heterocycles. The molecule has 12 rings (SSSR count). The number of para-hydroxylation sites is 2. The van der Waals surface area contributed by atoms with Crippen LogP contribution in [0.3, 0.4) is 0 Å². The van der Waals surface area contributed by atoms with Crippen LogP contribution in [-0.2, 0) is 0 Å². The van der Waals surface area contributed by atoms with Crippen molar-refractivity contribution in [2.75, 3.05) is 4.90 Å². The summed E-state index contributed by atoms with van der Waals surface area (Å²) in [5.41, 5.74) is 16.8. The molecule has 300 valence electrons. The van der Waals surface area contributed by atoms with Gasteiger partial charge in [0.05, 0.1) is 0 Å². The van der Waals surface area contributed by atoms with Gasteiger partial charge in [-0.3, -0.25) is 0 Å². The van der Waals surface area contributed by atoms with Gasteiger partial charge >= 0.3 is 0 Å². The van der Waals surface area contributed by atoms with Crippen LogP contribution in [0.1, 0.15) is 0 Å². The maximum absolute atomic E-state index is 6.42. The quantitative estimate of drug-likeness (QED) is 0.152. The fourth-order valence-corrected chi connectivity index (χ4v) is 9.29. The number of benzene rings is 11. The monoisotopic (exact) mass is 815 g/mol. The van der Waals surface area contributed by atoms with E-state index in [2.05, 4.69) is 241 Å². The Morgan fingerprint density at radius 3 is 1.22 bits per heavy atom. The number of hydrogen-bond acceptors (Lipinski definition) is 2. The van der Waals surface area contributed by atoms with E-state index in [4.69, 9.17) is 4.42 Å². The molecule has 0 amide bonds. The zero-order valence-corrected chi connectivity index (χ0v) is 35.0. The first-order valence-electron chi connectivity index (χ1n) is 21.9. The smallest absolute Gasteiger partial charge is 0.143 e. The number of anilines is 3. The Morgan fingerprint density at radius 2 is 0.641 bits per heavy atom. The van der Waals surface area contributed by atoms with E-state index in [1.807, 2.05) is 12.1 Å². The molecular formula is C62H41NO. The van der Waals surface area contributed by atoms with Crippen LogP contribution < -0.4 is 4.90 Å². The highest BCUT2D eigenvalue weighted by Crippen LogP contribution is 2.40. The molecule has 12 aromatic rings. The van der Waals surface area contributed by atoms with Crippen molar-refractivity contribution in [1.29, 1.82) is 0 Å². The van der Waals surface area contributed by atoms with Crippen molar-refractivity contribution in [3.63, 3.8) is 0 Å². The first-order chi connectivity index (χ1) is 31.7. The molecule has 0 fully saturated rings. The normalized spacial score (nSPS) is 11.4. The topological polar surface area (TPSA) is 16.4 Å². The lowest BCUT2D eigenvalue weighted by Crippen LogP contribution is -2.09. The minimum atomic E-state index is 0.905. The molecular weight excluding hydrogens is 775 g/mol. The van der Waals surface area contributed by atoms with Crippen LogP contribution in [0.2, 0.25) is 0 Å². The first-order valence-corrected chi connectivity index (χ1v) is 21.9. The van der Waals surface area contributed by atoms with Crippen LogP contribution in [0.5, 0.6) is 0 Å². The summed E-state index contributed by atoms with van der Waals surface area (Å²) in [5, 5.41) is 7.27. The summed E-state index contributed by atoms with van der Waals surface area (Å²) in [6.07, 6.45) is 0. The molecule has 0 spiro atoms. The lowest BCUT2D eigenvalue weighted by Gasteiger charge is -2.26. The van der Waals surface area contributed by atoms with Crippen molar-refractivity contribution in [2.45, 2.75) is 0 Å². The van der Waals surface area contributed by atoms with Crippen molar-refractivity contribution >= 4 is 60.5 Å². The second-order valence-electron chi connectivity index (χ2n) is 16.5. The minimum Gasteiger partial charge on any atom is -0.455 e. The molecule has 0 saturated carbocycles. The van der Waals surface area contributed by atoms with E-state index in [1.54, 1.807) is 0 Å². The minimum absolute atomic E-state index is 0.905. The molecule has 0 unspecified atom stereocenters. The van der Waals surface area contributed by atoms with Crippen LogP contribution in [0, 0.1) is 0 Å². The lowest BCUT2D eigenvalue weighted by atomic mass is 9.96. The van der Waals surface area contributed by atoms with Gasteiger partial charge in [-0.05, 0) is 132 Å². The van der Waals surface area contributed by atoms with Gasteiger partial charge in [0, 0.05) is 33.4 Å². The third-order valence-corrected chi connectivity index (χ3v) is 12.7. The van der Waals surface area contributed by atoms with Crippen molar-refractivity contribution < 1.29 is 4.42 Å². The van der Waals surface area contributed by atoms with Crippen LogP contribution in [0.15, 0.2) is 253 Å². The summed E-state index contributed by atoms with van der Waals surface area (Å²) in [6, 6.07) is 89.7. The third-order valence-electron chi connectivity index (χ3n) is 12.7. The van der Waals surface area contributed by atoms with Gasteiger partial charge in [-0.25, -0.2) is 0 Å². The summed E-state index contributed by atoms with van der Waals surface area (Å²) in [4.78, 5) is 2.34. The third kappa shape index (κ3) is 6.88. The van der Waals surface area contributed by atoms with E-state index in [0.717, 1.165) is 50.1 Å². The van der Waals surface area contributed by atoms with Gasteiger partial charge in [0.15, 0.2) is 0 Å². The highest BCUT2D eigenvalue weighted by atomic mass is 16.3. The predicted octanol–water partition coefficient (Wildman–Crippen LogP) is 17.7. The van der Waals surface area contributed by atoms with E-state index in [1.165, 1.54) is 66.1 Å². The molecule has 11 aromatic carbocycles. The van der Waals surface area contributed by atoms with Gasteiger partial charge in [-0.2, -0.15) is 0 Å². The maximum atomic E-state index is 6.42. The van der Waals surface area contributed by atoms with E-state index in [0.29, 0.717) is 0 Å². The lowest BCUT2D eigenvalue weighted by molar-refractivity contribution is 0.670. The van der Waals surface area contributed by atoms with Gasteiger partial charge in [-0.15, -0.1) is 0 Å². The molecule has 2 nitrogen and oxygen atoms in total. The molecule has 0 saturated heterocycles. The predicted molar refractivity (Wildman–Crippen MR) is 271 cm³/mol. The SMILES string of the molecule is c1cc(-c2ccc(-c3ccc(N(c4ccc(-c5ccc6ccccc6c5)cc4)c4ccc(-c5cccc6c5oc5ccccc56)cc4)cc3)cc2)cc(-c2ccc3ccccc3c2)c1. The zero-order chi connectivity index (χ0) is 42.4. The molecule has 0 N–H and O–H groups in total. The summed E-state index contributed by atoms with van der Waals surface area (Å²) in [7, 11) is 0. The molecule has 0 bridgehead atoms. The van der Waals surface area contributed by atoms with E-state index in [-0.39, 0.29) is 0 Å². The van der Waals surface area contributed by atoms with Gasteiger partial charge in [0.2, 0.25) is 0 Å². The van der Waals surface area contributed by atoms with E-state index >= 15 is 0 Å². The van der Waals surface area contributed by atoms with Gasteiger partial charge < -0.3 is 9.32 Å². The first kappa shape index (κ1) is 37.3. The molecule has 0 radical (unpaired) electrons. The van der Waals surface area contributed by atoms with Crippen molar-refractivity contribution in [3.8, 4) is 55.6 Å². The Kier molecular flexibility index (Phi) is 9.20. The molecule has 1 heterocycles. The number of hydrogen-bond donors (Lipinski definition) is 0. The highest BCUT2D eigenvalue weighted by molar-refractivity contribution is 6.09. The molecule has 0 aliphatic heterocycles. The zero-order valence-electron chi connectivity index (χ0n) is 35.0. The summed E-state index contributed by atoms with van der Waals surface area (Å²) in [6.45, 7) is 0. The summed E-state index contributed by atoms with van der Waals surface area (Å²) < 4.78 is 6.42. The molecule has 0 aliphatic rings. The Morgan fingerprint density at radius 1 is 0.250 bits per heavy atom. The van der Waals surface area contributed by atoms with Crippen molar-refractivity contribution in [1.82, 2.24) is 0 Å². The average Bonchev–Trinajstić information content (AvgIpc) is 3.76. The molecule has 64 heavy (non-hydrogen) atoms. The Bertz CT molecular complexity index is 3640. The van der Waals surface area contributed by atoms with Gasteiger partial charge in [0.25, 0.3) is 0 Å². The summed E-state index contributed by atoms with van der Waals surface area (Å²) >= 11 is 0. The number of furan rings is 1. The fourth-order valence-electron chi connectivity index (χ4n) is 9.29. The number of nitrogens with zero attached hydrogens (tertiary/aromatic N) is 1. The van der Waals surface area contributed by atoms with Crippen LogP contribution >= 0.6 is 0 Å². The van der Waals surface area contributed by atoms with Crippen LogP contribution in [-0.4, -0.2) is 0 Å². The van der Waals surface area contributed by atoms with E-state index in [9.17, 15) is 0 Å². The number of fused-ring (bicyclic) bond motifs is 5. The van der Waals surface area contributed by atoms with Crippen LogP contribution in [0.4, 0.5) is 17.1 Å². The van der Waals surface area contributed by atoms with Gasteiger partial charge in [0.1, 0.15) is 11.2 Å². The van der Waals surface area contributed by atoms with Crippen LogP contribution in [0.25, 0.3) is 99.1 Å². The second kappa shape index (κ2) is 15.8. The standard InChI is InChI=1S/C62H41NO/c1-3-11-49-40-53(25-23-42(49)9-1)47-29-35-56(36-30-47)63(57-37-31-48(32-38-57)58-16-8-17-60-59-15-5-6-18-61(59)64-62(58)60)55-33-27-45(28-34-55)44-19-21-46(22-20-44)51-13-7-14-52(39-51)54-26-24-43-10-2-4-12-50(43)41-54/h1-41H. The number of rotatable bonds is 8. The largest absolute Gasteiger partial charge is 0.455 e. The van der Waals surface area contributed by atoms with Crippen molar-refractivity contribution in [3.05, 3.63) is 249 Å². The average molecular weight is 816 g/mol. The van der Waals surface area contributed by atoms with E-state index < -0.39 is 0 Å². The summed E-state index contributed by atoms with van der Waals surface area (Å²) in [5.74, 6) is 0. The Hall–Kier alpha value is -8.46. The Balaban J connectivity index is 0.862. The molecule has 0 atom stereocenters. The highest BCUT2D eigenvalue weighted by Gasteiger charge is 2.16. The Labute approximate surface area is 372 Å².